The summed E-state index contributed by atoms with van der Waals surface area (Å²) < 4.78 is 5.34. The molecule has 0 bridgehead atoms. The fraction of sp³-hybridized carbons (Fsp3) is 0.923. The van der Waals surface area contributed by atoms with Gasteiger partial charge in [-0.2, -0.15) is 0 Å². The molecule has 0 radical (unpaired) electrons. The quantitative estimate of drug-likeness (QED) is 0.810. The lowest BCUT2D eigenvalue weighted by Gasteiger charge is -2.43. The molecule has 1 aliphatic heterocycles. The number of ether oxygens (including phenoxy) is 1. The minimum atomic E-state index is -0.403. The first-order valence-corrected chi connectivity index (χ1v) is 6.46. The SMILES string of the molecule is CCC(C)(C)N(C)C(=O)C1(CN)CCOCC1. The molecule has 1 amide bonds. The van der Waals surface area contributed by atoms with Crippen molar-refractivity contribution in [1.29, 1.82) is 0 Å². The Balaban J connectivity index is 2.85. The van der Waals surface area contributed by atoms with Gasteiger partial charge in [-0.05, 0) is 33.1 Å². The lowest BCUT2D eigenvalue weighted by Crippen LogP contribution is -2.55. The Hall–Kier alpha value is -0.610. The van der Waals surface area contributed by atoms with E-state index in [0.29, 0.717) is 19.8 Å². The highest BCUT2D eigenvalue weighted by Gasteiger charge is 2.43. The molecule has 1 rings (SSSR count). The van der Waals surface area contributed by atoms with E-state index in [-0.39, 0.29) is 11.4 Å². The van der Waals surface area contributed by atoms with Crippen molar-refractivity contribution in [3.8, 4) is 0 Å². The van der Waals surface area contributed by atoms with Crippen LogP contribution >= 0.6 is 0 Å². The number of hydrogen-bond acceptors (Lipinski definition) is 3. The summed E-state index contributed by atoms with van der Waals surface area (Å²) in [5.74, 6) is 0.176. The van der Waals surface area contributed by atoms with Gasteiger partial charge in [0.25, 0.3) is 0 Å². The Kier molecular flexibility index (Phi) is 4.55. The van der Waals surface area contributed by atoms with Crippen molar-refractivity contribution >= 4 is 5.91 Å². The Labute approximate surface area is 104 Å². The van der Waals surface area contributed by atoms with Crippen LogP contribution < -0.4 is 5.73 Å². The third kappa shape index (κ3) is 2.80. The molecular formula is C13H26N2O2. The molecule has 100 valence electrons. The lowest BCUT2D eigenvalue weighted by atomic mass is 9.78. The van der Waals surface area contributed by atoms with Crippen molar-refractivity contribution in [2.75, 3.05) is 26.8 Å². The zero-order valence-electron chi connectivity index (χ0n) is 11.6. The molecule has 0 saturated carbocycles. The molecule has 4 heteroatoms. The second kappa shape index (κ2) is 5.36. The highest BCUT2D eigenvalue weighted by molar-refractivity contribution is 5.83. The van der Waals surface area contributed by atoms with Crippen LogP contribution in [0.3, 0.4) is 0 Å². The first kappa shape index (κ1) is 14.5. The molecule has 1 saturated heterocycles. The predicted octanol–water partition coefficient (Wildman–Crippen LogP) is 1.39. The third-order valence-corrected chi connectivity index (χ3v) is 4.37. The molecule has 1 heterocycles. The van der Waals surface area contributed by atoms with Crippen molar-refractivity contribution in [2.45, 2.75) is 45.6 Å². The summed E-state index contributed by atoms with van der Waals surface area (Å²) in [5, 5.41) is 0. The van der Waals surface area contributed by atoms with E-state index in [1.54, 1.807) is 0 Å². The Morgan fingerprint density at radius 3 is 2.35 bits per heavy atom. The largest absolute Gasteiger partial charge is 0.381 e. The van der Waals surface area contributed by atoms with Gasteiger partial charge in [-0.25, -0.2) is 0 Å². The van der Waals surface area contributed by atoms with Gasteiger partial charge in [-0.1, -0.05) is 6.92 Å². The number of carbonyl (C=O) groups is 1. The Morgan fingerprint density at radius 2 is 1.94 bits per heavy atom. The first-order chi connectivity index (χ1) is 7.89. The fourth-order valence-electron chi connectivity index (χ4n) is 2.14. The van der Waals surface area contributed by atoms with Crippen LogP contribution in [0.25, 0.3) is 0 Å². The van der Waals surface area contributed by atoms with E-state index in [1.807, 2.05) is 11.9 Å². The number of nitrogens with zero attached hydrogens (tertiary/aromatic N) is 1. The monoisotopic (exact) mass is 242 g/mol. The summed E-state index contributed by atoms with van der Waals surface area (Å²) in [4.78, 5) is 14.5. The summed E-state index contributed by atoms with van der Waals surface area (Å²) >= 11 is 0. The van der Waals surface area contributed by atoms with E-state index in [0.717, 1.165) is 19.3 Å². The van der Waals surface area contributed by atoms with Crippen LogP contribution in [0.1, 0.15) is 40.0 Å². The number of rotatable bonds is 4. The normalized spacial score (nSPS) is 20.1. The van der Waals surface area contributed by atoms with E-state index in [4.69, 9.17) is 10.5 Å². The molecule has 17 heavy (non-hydrogen) atoms. The van der Waals surface area contributed by atoms with Crippen LogP contribution in [-0.2, 0) is 9.53 Å². The van der Waals surface area contributed by atoms with E-state index in [2.05, 4.69) is 20.8 Å². The van der Waals surface area contributed by atoms with Gasteiger partial charge in [-0.15, -0.1) is 0 Å². The number of nitrogens with two attached hydrogens (primary N) is 1. The molecule has 1 aliphatic rings. The van der Waals surface area contributed by atoms with Crippen LogP contribution in [0, 0.1) is 5.41 Å². The molecule has 0 aromatic carbocycles. The van der Waals surface area contributed by atoms with Gasteiger partial charge in [0.15, 0.2) is 0 Å². The van der Waals surface area contributed by atoms with Gasteiger partial charge in [0.05, 0.1) is 5.41 Å². The Morgan fingerprint density at radius 1 is 1.41 bits per heavy atom. The first-order valence-electron chi connectivity index (χ1n) is 6.46. The van der Waals surface area contributed by atoms with Gasteiger partial charge >= 0.3 is 0 Å². The van der Waals surface area contributed by atoms with Gasteiger partial charge in [0.2, 0.25) is 5.91 Å². The smallest absolute Gasteiger partial charge is 0.230 e. The second-order valence-electron chi connectivity index (χ2n) is 5.63. The van der Waals surface area contributed by atoms with Crippen molar-refractivity contribution in [1.82, 2.24) is 4.90 Å². The van der Waals surface area contributed by atoms with Gasteiger partial charge < -0.3 is 15.4 Å². The number of carbonyl (C=O) groups excluding carboxylic acids is 1. The second-order valence-corrected chi connectivity index (χ2v) is 5.63. The zero-order valence-corrected chi connectivity index (χ0v) is 11.6. The summed E-state index contributed by atoms with van der Waals surface area (Å²) in [6, 6.07) is 0. The molecule has 0 spiro atoms. The standard InChI is InChI=1S/C13H26N2O2/c1-5-12(2,3)15(4)11(16)13(10-14)6-8-17-9-7-13/h5-10,14H2,1-4H3. The molecule has 0 aromatic heterocycles. The van der Waals surface area contributed by atoms with Crippen LogP contribution in [0.15, 0.2) is 0 Å². The van der Waals surface area contributed by atoms with Crippen molar-refractivity contribution in [3.63, 3.8) is 0 Å². The highest BCUT2D eigenvalue weighted by Crippen LogP contribution is 2.33. The maximum absolute atomic E-state index is 12.6. The predicted molar refractivity (Wildman–Crippen MR) is 68.7 cm³/mol. The fourth-order valence-corrected chi connectivity index (χ4v) is 2.14. The van der Waals surface area contributed by atoms with E-state index < -0.39 is 5.41 Å². The Bertz CT molecular complexity index is 271. The minimum Gasteiger partial charge on any atom is -0.381 e. The van der Waals surface area contributed by atoms with E-state index >= 15 is 0 Å². The van der Waals surface area contributed by atoms with E-state index in [1.165, 1.54) is 0 Å². The average Bonchev–Trinajstić information content (AvgIpc) is 2.37. The molecule has 0 atom stereocenters. The van der Waals surface area contributed by atoms with Crippen LogP contribution in [0.2, 0.25) is 0 Å². The van der Waals surface area contributed by atoms with Crippen molar-refractivity contribution in [2.24, 2.45) is 11.1 Å². The summed E-state index contributed by atoms with van der Waals surface area (Å²) in [6.07, 6.45) is 2.42. The van der Waals surface area contributed by atoms with Gasteiger partial charge in [-0.3, -0.25) is 4.79 Å². The number of hydrogen-bond donors (Lipinski definition) is 1. The highest BCUT2D eigenvalue weighted by atomic mass is 16.5. The van der Waals surface area contributed by atoms with Crippen LogP contribution in [-0.4, -0.2) is 43.2 Å². The van der Waals surface area contributed by atoms with Crippen molar-refractivity contribution < 1.29 is 9.53 Å². The lowest BCUT2D eigenvalue weighted by molar-refractivity contribution is -0.151. The molecular weight excluding hydrogens is 216 g/mol. The minimum absolute atomic E-state index is 0.114. The topological polar surface area (TPSA) is 55.6 Å². The summed E-state index contributed by atoms with van der Waals surface area (Å²) in [5.41, 5.74) is 5.34. The van der Waals surface area contributed by atoms with E-state index in [9.17, 15) is 4.79 Å². The average molecular weight is 242 g/mol. The molecule has 0 aromatic rings. The molecule has 4 nitrogen and oxygen atoms in total. The van der Waals surface area contributed by atoms with Gasteiger partial charge in [0, 0.05) is 32.3 Å². The molecule has 0 unspecified atom stereocenters. The maximum Gasteiger partial charge on any atom is 0.230 e. The maximum atomic E-state index is 12.6. The molecule has 2 N–H and O–H groups in total. The van der Waals surface area contributed by atoms with Gasteiger partial charge in [0.1, 0.15) is 0 Å². The summed E-state index contributed by atoms with van der Waals surface area (Å²) in [7, 11) is 1.89. The van der Waals surface area contributed by atoms with Crippen LogP contribution in [0.4, 0.5) is 0 Å². The third-order valence-electron chi connectivity index (χ3n) is 4.37. The zero-order chi connectivity index (χ0) is 13.1. The number of amides is 1. The van der Waals surface area contributed by atoms with Crippen molar-refractivity contribution in [3.05, 3.63) is 0 Å². The van der Waals surface area contributed by atoms with Crippen LogP contribution in [0.5, 0.6) is 0 Å². The molecule has 1 fully saturated rings. The molecule has 0 aliphatic carbocycles. The summed E-state index contributed by atoms with van der Waals surface area (Å²) in [6.45, 7) is 7.98.